The number of unbranched alkanes of at least 4 members (excludes halogenated alkanes) is 4. The minimum Gasteiger partial charge on any atom is -0.461 e. The maximum Gasteiger partial charge on any atom is 0.472 e. The van der Waals surface area contributed by atoms with Gasteiger partial charge in [-0.3, -0.25) is 18.6 Å². The van der Waals surface area contributed by atoms with E-state index in [9.17, 15) is 19.0 Å². The van der Waals surface area contributed by atoms with E-state index in [4.69, 9.17) is 18.5 Å². The van der Waals surface area contributed by atoms with Crippen molar-refractivity contribution in [3.63, 3.8) is 0 Å². The van der Waals surface area contributed by atoms with E-state index in [1.54, 1.807) is 6.08 Å². The Hall–Kier alpha value is -4.89. The fourth-order valence-electron chi connectivity index (χ4n) is 6.29. The van der Waals surface area contributed by atoms with Crippen LogP contribution in [-0.4, -0.2) is 74.9 Å². The normalized spacial score (nSPS) is 14.7. The first-order chi connectivity index (χ1) is 36.0. The number of phosphoric ester groups is 1. The zero-order valence-corrected chi connectivity index (χ0v) is 47.4. The summed E-state index contributed by atoms with van der Waals surface area (Å²) in [7, 11) is 1.38. The maximum atomic E-state index is 12.8. The van der Waals surface area contributed by atoms with Crippen LogP contribution in [0.3, 0.4) is 0 Å². The molecule has 0 amide bonds. The second kappa shape index (κ2) is 53.0. The summed E-state index contributed by atoms with van der Waals surface area (Å²) in [6, 6.07) is 0. The lowest BCUT2D eigenvalue weighted by Gasteiger charge is -2.24. The molecule has 74 heavy (non-hydrogen) atoms. The molecule has 9 nitrogen and oxygen atoms in total. The predicted molar refractivity (Wildman–Crippen MR) is 315 cm³/mol. The summed E-state index contributed by atoms with van der Waals surface area (Å²) in [5.41, 5.74) is 0. The van der Waals surface area contributed by atoms with Crippen molar-refractivity contribution in [3.05, 3.63) is 182 Å². The number of allylic oxidation sites excluding steroid dienone is 29. The number of carbonyl (C=O) groups is 2. The topological polar surface area (TPSA) is 108 Å². The average Bonchev–Trinajstić information content (AvgIpc) is 3.36. The molecular weight excluding hydrogens is 942 g/mol. The molecule has 0 heterocycles. The van der Waals surface area contributed by atoms with E-state index in [1.807, 2.05) is 33.3 Å². The number of nitrogens with zero attached hydrogens (tertiary/aromatic N) is 1. The number of ether oxygens (including phenoxy) is 2. The van der Waals surface area contributed by atoms with Crippen LogP contribution in [-0.2, 0) is 32.7 Å². The zero-order chi connectivity index (χ0) is 54.2. The predicted octanol–water partition coefficient (Wildman–Crippen LogP) is 17.2. The third kappa shape index (κ3) is 56.4. The molecule has 0 aliphatic rings. The van der Waals surface area contributed by atoms with Gasteiger partial charge in [0.1, 0.15) is 19.8 Å². The summed E-state index contributed by atoms with van der Waals surface area (Å²) in [5.74, 6) is -0.995. The molecule has 0 aliphatic heterocycles. The van der Waals surface area contributed by atoms with Gasteiger partial charge in [0.2, 0.25) is 0 Å². The van der Waals surface area contributed by atoms with Gasteiger partial charge in [-0.1, -0.05) is 209 Å². The summed E-state index contributed by atoms with van der Waals surface area (Å²) in [4.78, 5) is 35.5. The SMILES string of the molecule is CC/C=C\C/C=C\C/C=C\C/C=C\C/C=C\C/C=C\C/C=C\C/C=C\C/C=C\C/C=C\CCCCCCC(=O)OC(COC(=O)C/C=C\C/C=C\C/C=C\C/C=C\C/C=C\CC)COP(=O)(O)OCC[N+](C)(C)C. The fourth-order valence-corrected chi connectivity index (χ4v) is 7.03. The van der Waals surface area contributed by atoms with Crippen molar-refractivity contribution in [1.82, 2.24) is 0 Å². The molecule has 412 valence electrons. The minimum absolute atomic E-state index is 0.00140. The van der Waals surface area contributed by atoms with Crippen LogP contribution in [0.15, 0.2) is 182 Å². The lowest BCUT2D eigenvalue weighted by Crippen LogP contribution is -2.37. The standard InChI is InChI=1S/C64H98NO8P/c1-6-8-10-12-14-16-18-20-22-23-24-25-26-27-28-29-30-31-32-33-34-35-36-37-38-39-40-41-43-45-47-49-51-53-55-57-64(67)73-62(61-72-74(68,69)71-59-58-65(3,4)5)60-70-63(66)56-54-52-50-48-46-44-42-21-19-17-15-13-11-9-7-2/h8-11,14-17,20-22,24-25,27-28,30-31,33-34,36-37,39-40,42-43,45-46,48,52,54,62H,6-7,12-13,18-19,23,26,29,32,35,38,41,44,47,49-51,53,55-61H2,1-5H3/p+1/b10-8-,11-9-,16-14-,17-15-,22-20-,25-24-,28-27-,31-30-,34-33-,37-36-,40-39-,42-21-,45-43-,48-46-,54-52-. The number of likely N-dealkylation sites (N-methyl/N-ethyl adjacent to an activating group) is 1. The van der Waals surface area contributed by atoms with Crippen LogP contribution in [0.25, 0.3) is 0 Å². The molecule has 0 spiro atoms. The molecule has 2 atom stereocenters. The summed E-state index contributed by atoms with van der Waals surface area (Å²) >= 11 is 0. The largest absolute Gasteiger partial charge is 0.472 e. The Kier molecular flexibility index (Phi) is 49.5. The Morgan fingerprint density at radius 1 is 0.432 bits per heavy atom. The van der Waals surface area contributed by atoms with Gasteiger partial charge in [0, 0.05) is 6.42 Å². The Morgan fingerprint density at radius 2 is 0.770 bits per heavy atom. The highest BCUT2D eigenvalue weighted by atomic mass is 31.2. The van der Waals surface area contributed by atoms with Gasteiger partial charge in [0.15, 0.2) is 6.10 Å². The number of carbonyl (C=O) groups excluding carboxylic acids is 2. The Labute approximate surface area is 450 Å². The summed E-state index contributed by atoms with van der Waals surface area (Å²) in [5, 5.41) is 0. The Balaban J connectivity index is 4.34. The second-order valence-corrected chi connectivity index (χ2v) is 20.0. The zero-order valence-electron chi connectivity index (χ0n) is 46.5. The summed E-state index contributed by atoms with van der Waals surface area (Å²) in [6.07, 6.45) is 82.8. The molecule has 0 aliphatic carbocycles. The number of phosphoric acid groups is 1. The van der Waals surface area contributed by atoms with E-state index >= 15 is 0 Å². The highest BCUT2D eigenvalue weighted by Crippen LogP contribution is 2.43. The molecule has 0 radical (unpaired) electrons. The van der Waals surface area contributed by atoms with Crippen LogP contribution in [0.1, 0.15) is 155 Å². The number of esters is 2. The van der Waals surface area contributed by atoms with Gasteiger partial charge < -0.3 is 18.9 Å². The molecule has 10 heteroatoms. The van der Waals surface area contributed by atoms with Crippen LogP contribution in [0.4, 0.5) is 0 Å². The maximum absolute atomic E-state index is 12.8. The van der Waals surface area contributed by atoms with Crippen LogP contribution in [0.2, 0.25) is 0 Å². The van der Waals surface area contributed by atoms with Crippen molar-refractivity contribution in [2.24, 2.45) is 0 Å². The van der Waals surface area contributed by atoms with Crippen LogP contribution in [0.5, 0.6) is 0 Å². The van der Waals surface area contributed by atoms with Gasteiger partial charge in [0.05, 0.1) is 34.2 Å². The van der Waals surface area contributed by atoms with E-state index < -0.39 is 32.5 Å². The van der Waals surface area contributed by atoms with Gasteiger partial charge in [0.25, 0.3) is 0 Å². The molecule has 0 saturated carbocycles. The number of hydrogen-bond donors (Lipinski definition) is 1. The van der Waals surface area contributed by atoms with Gasteiger partial charge in [-0.05, 0) is 116 Å². The highest BCUT2D eigenvalue weighted by Gasteiger charge is 2.27. The molecule has 0 aromatic heterocycles. The first-order valence-electron chi connectivity index (χ1n) is 27.5. The van der Waals surface area contributed by atoms with Gasteiger partial charge in [-0.2, -0.15) is 0 Å². The average molecular weight is 1040 g/mol. The molecule has 1 N–H and O–H groups in total. The van der Waals surface area contributed by atoms with Crippen molar-refractivity contribution in [2.75, 3.05) is 47.5 Å². The fraction of sp³-hybridized carbons (Fsp3) is 0.500. The summed E-state index contributed by atoms with van der Waals surface area (Å²) < 4.78 is 34.3. The molecule has 0 bridgehead atoms. The highest BCUT2D eigenvalue weighted by molar-refractivity contribution is 7.47. The molecule has 0 rings (SSSR count). The second-order valence-electron chi connectivity index (χ2n) is 18.5. The molecule has 0 aromatic carbocycles. The smallest absolute Gasteiger partial charge is 0.461 e. The lowest BCUT2D eigenvalue weighted by molar-refractivity contribution is -0.870. The summed E-state index contributed by atoms with van der Waals surface area (Å²) in [6.45, 7) is 4.01. The van der Waals surface area contributed by atoms with Crippen molar-refractivity contribution in [3.8, 4) is 0 Å². The number of rotatable bonds is 47. The third-order valence-corrected chi connectivity index (χ3v) is 11.4. The molecule has 0 saturated heterocycles. The van der Waals surface area contributed by atoms with E-state index in [0.717, 1.165) is 116 Å². The van der Waals surface area contributed by atoms with Gasteiger partial charge in [-0.25, -0.2) is 4.57 Å². The van der Waals surface area contributed by atoms with Crippen molar-refractivity contribution in [1.29, 1.82) is 0 Å². The van der Waals surface area contributed by atoms with Gasteiger partial charge >= 0.3 is 19.8 Å². The van der Waals surface area contributed by atoms with Gasteiger partial charge in [-0.15, -0.1) is 0 Å². The van der Waals surface area contributed by atoms with Crippen LogP contribution < -0.4 is 0 Å². The van der Waals surface area contributed by atoms with E-state index in [2.05, 4.69) is 178 Å². The van der Waals surface area contributed by atoms with Crippen molar-refractivity contribution >= 4 is 19.8 Å². The Bertz CT molecular complexity index is 1900. The van der Waals surface area contributed by atoms with E-state index in [0.29, 0.717) is 23.9 Å². The number of quaternary nitrogens is 1. The minimum atomic E-state index is -4.42. The number of hydrogen-bond acceptors (Lipinski definition) is 7. The van der Waals surface area contributed by atoms with Crippen molar-refractivity contribution in [2.45, 2.75) is 161 Å². The molecule has 2 unspecified atom stereocenters. The van der Waals surface area contributed by atoms with E-state index in [-0.39, 0.29) is 26.1 Å². The lowest BCUT2D eigenvalue weighted by atomic mass is 10.1. The third-order valence-electron chi connectivity index (χ3n) is 10.5. The van der Waals surface area contributed by atoms with Crippen molar-refractivity contribution < 1.29 is 42.1 Å². The Morgan fingerprint density at radius 3 is 1.14 bits per heavy atom. The van der Waals surface area contributed by atoms with E-state index in [1.165, 1.54) is 0 Å². The molecule has 0 fully saturated rings. The quantitative estimate of drug-likeness (QED) is 0.0211. The van der Waals surface area contributed by atoms with Crippen LogP contribution >= 0.6 is 7.82 Å². The first kappa shape index (κ1) is 69.1. The first-order valence-corrected chi connectivity index (χ1v) is 29.0. The monoisotopic (exact) mass is 1040 g/mol. The molecule has 0 aromatic rings. The van der Waals surface area contributed by atoms with Crippen LogP contribution in [0, 0.1) is 0 Å². The molecular formula is C64H99NO8P+.